The summed E-state index contributed by atoms with van der Waals surface area (Å²) in [7, 11) is 0. The summed E-state index contributed by atoms with van der Waals surface area (Å²) in [6, 6.07) is 0. The first-order valence-corrected chi connectivity index (χ1v) is 4.56. The highest BCUT2D eigenvalue weighted by Crippen LogP contribution is 2.17. The minimum absolute atomic E-state index is 0.125. The lowest BCUT2D eigenvalue weighted by molar-refractivity contribution is 0.546. The Balaban J connectivity index is 2.56. The first kappa shape index (κ1) is 8.46. The van der Waals surface area contributed by atoms with Crippen molar-refractivity contribution in [2.45, 2.75) is 32.7 Å². The van der Waals surface area contributed by atoms with Crippen LogP contribution in [0.25, 0.3) is 0 Å². The second-order valence-corrected chi connectivity index (χ2v) is 3.94. The Morgan fingerprint density at radius 2 is 2.36 bits per heavy atom. The van der Waals surface area contributed by atoms with E-state index in [1.54, 1.807) is 5.51 Å². The summed E-state index contributed by atoms with van der Waals surface area (Å²) < 4.78 is 0. The molecule has 1 aromatic rings. The fraction of sp³-hybridized carbons (Fsp3) is 0.714. The number of hydrogen-bond donors (Lipinski definition) is 1. The molecule has 1 rings (SSSR count). The molecule has 3 nitrogen and oxygen atoms in total. The van der Waals surface area contributed by atoms with Gasteiger partial charge in [0.2, 0.25) is 5.13 Å². The molecule has 0 radical (unpaired) electrons. The monoisotopic (exact) mass is 171 g/mol. The average Bonchev–Trinajstić information content (AvgIpc) is 2.39. The molecule has 0 aliphatic carbocycles. The maximum atomic E-state index is 3.91. The van der Waals surface area contributed by atoms with Gasteiger partial charge in [-0.05, 0) is 20.3 Å². The Hall–Kier alpha value is -0.640. The molecule has 0 aliphatic rings. The lowest BCUT2D eigenvalue weighted by Gasteiger charge is -2.23. The van der Waals surface area contributed by atoms with Gasteiger partial charge in [0.15, 0.2) is 0 Å². The van der Waals surface area contributed by atoms with E-state index in [4.69, 9.17) is 0 Å². The van der Waals surface area contributed by atoms with Crippen LogP contribution in [0, 0.1) is 0 Å². The van der Waals surface area contributed by atoms with E-state index in [2.05, 4.69) is 36.3 Å². The van der Waals surface area contributed by atoms with Gasteiger partial charge in [-0.25, -0.2) is 0 Å². The van der Waals surface area contributed by atoms with Crippen LogP contribution < -0.4 is 5.32 Å². The predicted octanol–water partition coefficient (Wildman–Crippen LogP) is 2.14. The second-order valence-electron chi connectivity index (χ2n) is 3.11. The smallest absolute Gasteiger partial charge is 0.205 e. The van der Waals surface area contributed by atoms with E-state index in [0.29, 0.717) is 0 Å². The fourth-order valence-electron chi connectivity index (χ4n) is 0.605. The van der Waals surface area contributed by atoms with Crippen molar-refractivity contribution in [3.63, 3.8) is 0 Å². The topological polar surface area (TPSA) is 37.8 Å². The Kier molecular flexibility index (Phi) is 2.44. The van der Waals surface area contributed by atoms with Crippen LogP contribution in [0.4, 0.5) is 5.13 Å². The second kappa shape index (κ2) is 3.17. The average molecular weight is 171 g/mol. The van der Waals surface area contributed by atoms with Crippen LogP contribution in [0.1, 0.15) is 27.2 Å². The summed E-state index contributed by atoms with van der Waals surface area (Å²) in [5.41, 5.74) is 1.85. The third kappa shape index (κ3) is 2.46. The molecule has 11 heavy (non-hydrogen) atoms. The summed E-state index contributed by atoms with van der Waals surface area (Å²) in [5, 5.41) is 11.8. The van der Waals surface area contributed by atoms with Gasteiger partial charge in [0.1, 0.15) is 5.51 Å². The van der Waals surface area contributed by atoms with Gasteiger partial charge in [-0.2, -0.15) is 0 Å². The van der Waals surface area contributed by atoms with Gasteiger partial charge in [-0.1, -0.05) is 18.3 Å². The molecule has 0 atom stereocenters. The Labute approximate surface area is 70.9 Å². The molecular weight excluding hydrogens is 158 g/mol. The van der Waals surface area contributed by atoms with E-state index in [1.807, 2.05) is 0 Å². The minimum Gasteiger partial charge on any atom is -0.355 e. The van der Waals surface area contributed by atoms with E-state index in [1.165, 1.54) is 11.3 Å². The molecule has 62 valence electrons. The molecule has 0 aliphatic heterocycles. The Morgan fingerprint density at radius 3 is 2.82 bits per heavy atom. The standard InChI is InChI=1S/C7H13N3S/c1-4-7(2,3)9-6-10-8-5-11-6/h5H,4H2,1-3H3,(H,9,10). The fourth-order valence-corrected chi connectivity index (χ4v) is 1.23. The van der Waals surface area contributed by atoms with Gasteiger partial charge >= 0.3 is 0 Å². The third-order valence-corrected chi connectivity index (χ3v) is 2.30. The van der Waals surface area contributed by atoms with Crippen molar-refractivity contribution in [1.82, 2.24) is 10.2 Å². The minimum atomic E-state index is 0.125. The molecule has 0 saturated heterocycles. The predicted molar refractivity (Wildman–Crippen MR) is 47.9 cm³/mol. The van der Waals surface area contributed by atoms with Crippen molar-refractivity contribution < 1.29 is 0 Å². The van der Waals surface area contributed by atoms with Crippen LogP contribution >= 0.6 is 11.3 Å². The SMILES string of the molecule is CCC(C)(C)Nc1nncs1. The highest BCUT2D eigenvalue weighted by atomic mass is 32.1. The van der Waals surface area contributed by atoms with E-state index in [9.17, 15) is 0 Å². The van der Waals surface area contributed by atoms with Crippen molar-refractivity contribution in [1.29, 1.82) is 0 Å². The summed E-state index contributed by atoms with van der Waals surface area (Å²) >= 11 is 1.53. The Bertz CT molecular complexity index is 205. The van der Waals surface area contributed by atoms with Crippen LogP contribution in [-0.4, -0.2) is 15.7 Å². The van der Waals surface area contributed by atoms with E-state index >= 15 is 0 Å². The van der Waals surface area contributed by atoms with Crippen LogP contribution in [0.5, 0.6) is 0 Å². The summed E-state index contributed by atoms with van der Waals surface area (Å²) in [6.07, 6.45) is 1.08. The summed E-state index contributed by atoms with van der Waals surface area (Å²) in [4.78, 5) is 0. The van der Waals surface area contributed by atoms with Crippen LogP contribution in [-0.2, 0) is 0 Å². The largest absolute Gasteiger partial charge is 0.355 e. The van der Waals surface area contributed by atoms with Crippen molar-refractivity contribution in [3.8, 4) is 0 Å². The first-order chi connectivity index (χ1) is 5.14. The quantitative estimate of drug-likeness (QED) is 0.757. The molecule has 0 bridgehead atoms. The van der Waals surface area contributed by atoms with Gasteiger partial charge in [-0.15, -0.1) is 10.2 Å². The molecule has 1 aromatic heterocycles. The van der Waals surface area contributed by atoms with Gasteiger partial charge in [-0.3, -0.25) is 0 Å². The normalized spacial score (nSPS) is 11.5. The molecule has 4 heteroatoms. The zero-order valence-electron chi connectivity index (χ0n) is 7.09. The van der Waals surface area contributed by atoms with Crippen molar-refractivity contribution in [2.24, 2.45) is 0 Å². The van der Waals surface area contributed by atoms with Gasteiger partial charge in [0.25, 0.3) is 0 Å². The maximum Gasteiger partial charge on any atom is 0.205 e. The molecule has 0 fully saturated rings. The third-order valence-electron chi connectivity index (χ3n) is 1.69. The first-order valence-electron chi connectivity index (χ1n) is 3.68. The van der Waals surface area contributed by atoms with Crippen LogP contribution in [0.3, 0.4) is 0 Å². The lowest BCUT2D eigenvalue weighted by atomic mass is 10.0. The van der Waals surface area contributed by atoms with E-state index in [0.717, 1.165) is 11.6 Å². The molecule has 0 amide bonds. The Morgan fingerprint density at radius 1 is 1.64 bits per heavy atom. The van der Waals surface area contributed by atoms with Crippen LogP contribution in [0.2, 0.25) is 0 Å². The number of nitrogens with one attached hydrogen (secondary N) is 1. The summed E-state index contributed by atoms with van der Waals surface area (Å²) in [5.74, 6) is 0. The molecule has 0 aromatic carbocycles. The molecular formula is C7H13N3S. The molecule has 0 spiro atoms. The lowest BCUT2D eigenvalue weighted by Crippen LogP contribution is -2.29. The number of anilines is 1. The number of rotatable bonds is 3. The van der Waals surface area contributed by atoms with Crippen molar-refractivity contribution in [3.05, 3.63) is 5.51 Å². The van der Waals surface area contributed by atoms with Gasteiger partial charge in [0.05, 0.1) is 0 Å². The van der Waals surface area contributed by atoms with Gasteiger partial charge < -0.3 is 5.32 Å². The molecule has 0 saturated carbocycles. The zero-order chi connectivity index (χ0) is 8.32. The van der Waals surface area contributed by atoms with E-state index < -0.39 is 0 Å². The zero-order valence-corrected chi connectivity index (χ0v) is 7.90. The maximum absolute atomic E-state index is 3.91. The summed E-state index contributed by atoms with van der Waals surface area (Å²) in [6.45, 7) is 6.44. The van der Waals surface area contributed by atoms with E-state index in [-0.39, 0.29) is 5.54 Å². The molecule has 1 heterocycles. The number of nitrogens with zero attached hydrogens (tertiary/aromatic N) is 2. The highest BCUT2D eigenvalue weighted by Gasteiger charge is 2.15. The number of hydrogen-bond acceptors (Lipinski definition) is 4. The number of aromatic nitrogens is 2. The molecule has 1 N–H and O–H groups in total. The molecule has 0 unspecified atom stereocenters. The van der Waals surface area contributed by atoms with Crippen molar-refractivity contribution >= 4 is 16.5 Å². The van der Waals surface area contributed by atoms with Gasteiger partial charge in [0, 0.05) is 5.54 Å². The van der Waals surface area contributed by atoms with Crippen LogP contribution in [0.15, 0.2) is 5.51 Å². The van der Waals surface area contributed by atoms with Crippen molar-refractivity contribution in [2.75, 3.05) is 5.32 Å². The highest BCUT2D eigenvalue weighted by molar-refractivity contribution is 7.13.